The second kappa shape index (κ2) is 8.68. The van der Waals surface area contributed by atoms with Crippen LogP contribution in [-0.2, 0) is 9.59 Å². The van der Waals surface area contributed by atoms with Gasteiger partial charge in [-0.25, -0.2) is 9.48 Å². The van der Waals surface area contributed by atoms with Gasteiger partial charge in [-0.2, -0.15) is 5.10 Å². The molecular formula is C17H28N6O3. The quantitative estimate of drug-likeness (QED) is 0.700. The van der Waals surface area contributed by atoms with Gasteiger partial charge in [0.1, 0.15) is 11.9 Å². The molecule has 9 nitrogen and oxygen atoms in total. The Bertz CT molecular complexity index is 667. The van der Waals surface area contributed by atoms with Crippen molar-refractivity contribution >= 4 is 23.7 Å². The van der Waals surface area contributed by atoms with Gasteiger partial charge in [0.25, 0.3) is 0 Å². The molecule has 0 spiro atoms. The van der Waals surface area contributed by atoms with Crippen molar-refractivity contribution < 1.29 is 14.4 Å². The minimum Gasteiger partial charge on any atom is -0.359 e. The molecule has 1 aliphatic rings. The lowest BCUT2D eigenvalue weighted by Gasteiger charge is -2.34. The van der Waals surface area contributed by atoms with Gasteiger partial charge in [0.15, 0.2) is 0 Å². The van der Waals surface area contributed by atoms with Crippen LogP contribution in [0.2, 0.25) is 0 Å². The van der Waals surface area contributed by atoms with Crippen molar-refractivity contribution in [2.75, 3.05) is 25.5 Å². The molecule has 0 radical (unpaired) electrons. The molecule has 1 fully saturated rings. The Morgan fingerprint density at radius 1 is 1.38 bits per heavy atom. The maximum atomic E-state index is 12.8. The molecular weight excluding hydrogens is 336 g/mol. The molecule has 3 N–H and O–H groups in total. The van der Waals surface area contributed by atoms with Crippen LogP contribution >= 0.6 is 0 Å². The highest BCUT2D eigenvalue weighted by molar-refractivity contribution is 5.96. The van der Waals surface area contributed by atoms with E-state index in [1.165, 1.54) is 11.9 Å². The lowest BCUT2D eigenvalue weighted by molar-refractivity contribution is -0.132. The van der Waals surface area contributed by atoms with E-state index >= 15 is 0 Å². The molecule has 26 heavy (non-hydrogen) atoms. The third kappa shape index (κ3) is 4.33. The maximum Gasteiger partial charge on any atom is 0.323 e. The molecule has 0 aromatic carbocycles. The summed E-state index contributed by atoms with van der Waals surface area (Å²) in [6.45, 7) is 6.73. The van der Waals surface area contributed by atoms with Gasteiger partial charge in [-0.05, 0) is 19.8 Å². The highest BCUT2D eigenvalue weighted by atomic mass is 16.2. The second-order valence-electron chi connectivity index (χ2n) is 6.39. The Hall–Kier alpha value is -2.58. The van der Waals surface area contributed by atoms with Crippen LogP contribution in [0.3, 0.4) is 0 Å². The van der Waals surface area contributed by atoms with Crippen LogP contribution < -0.4 is 16.0 Å². The van der Waals surface area contributed by atoms with Gasteiger partial charge >= 0.3 is 6.03 Å². The summed E-state index contributed by atoms with van der Waals surface area (Å²) in [7, 11) is 1.50. The molecule has 4 amide bonds. The standard InChI is InChI=1S/C17H28N6O3/c1-5-12(6-2)23-14(9-11(3)21-23)20-17(26)22-8-7-19-16(25)13(22)10-15(24)18-4/h9,12-13H,5-8,10H2,1-4H3,(H,18,24)(H,19,25)(H,20,26). The predicted molar refractivity (Wildman–Crippen MR) is 97.8 cm³/mol. The molecule has 1 aliphatic heterocycles. The molecule has 2 heterocycles. The fraction of sp³-hybridized carbons (Fsp3) is 0.647. The van der Waals surface area contributed by atoms with Gasteiger partial charge in [-0.15, -0.1) is 0 Å². The van der Waals surface area contributed by atoms with Gasteiger partial charge in [-0.1, -0.05) is 13.8 Å². The smallest absolute Gasteiger partial charge is 0.323 e. The Morgan fingerprint density at radius 3 is 2.69 bits per heavy atom. The van der Waals surface area contributed by atoms with E-state index in [0.29, 0.717) is 18.9 Å². The van der Waals surface area contributed by atoms with Crippen molar-refractivity contribution in [2.24, 2.45) is 0 Å². The zero-order valence-electron chi connectivity index (χ0n) is 15.8. The fourth-order valence-electron chi connectivity index (χ4n) is 3.14. The van der Waals surface area contributed by atoms with E-state index in [1.807, 2.05) is 17.7 Å². The zero-order valence-corrected chi connectivity index (χ0v) is 15.8. The zero-order chi connectivity index (χ0) is 19.3. The molecule has 1 saturated heterocycles. The van der Waals surface area contributed by atoms with Gasteiger partial charge in [0, 0.05) is 26.2 Å². The molecule has 1 aromatic rings. The molecule has 2 rings (SSSR count). The molecule has 1 aromatic heterocycles. The van der Waals surface area contributed by atoms with Crippen molar-refractivity contribution in [3.05, 3.63) is 11.8 Å². The number of urea groups is 1. The van der Waals surface area contributed by atoms with E-state index in [4.69, 9.17) is 0 Å². The number of nitrogens with one attached hydrogen (secondary N) is 3. The number of nitrogens with zero attached hydrogens (tertiary/aromatic N) is 3. The van der Waals surface area contributed by atoms with E-state index in [-0.39, 0.29) is 24.3 Å². The highest BCUT2D eigenvalue weighted by Gasteiger charge is 2.35. The first-order valence-electron chi connectivity index (χ1n) is 9.03. The Balaban J connectivity index is 2.20. The Labute approximate surface area is 153 Å². The van der Waals surface area contributed by atoms with Gasteiger partial charge < -0.3 is 15.5 Å². The minimum atomic E-state index is -0.825. The number of piperazine rings is 1. The number of carbonyl (C=O) groups excluding carboxylic acids is 3. The van der Waals surface area contributed by atoms with Crippen molar-refractivity contribution in [2.45, 2.75) is 52.1 Å². The maximum absolute atomic E-state index is 12.8. The minimum absolute atomic E-state index is 0.0689. The normalized spacial score (nSPS) is 17.2. The van der Waals surface area contributed by atoms with Gasteiger partial charge in [0.2, 0.25) is 11.8 Å². The number of aromatic nitrogens is 2. The fourth-order valence-corrected chi connectivity index (χ4v) is 3.14. The molecule has 0 bridgehead atoms. The SMILES string of the molecule is CCC(CC)n1nc(C)cc1NC(=O)N1CCNC(=O)C1CC(=O)NC. The Kier molecular flexibility index (Phi) is 6.59. The third-order valence-electron chi connectivity index (χ3n) is 4.63. The summed E-state index contributed by atoms with van der Waals surface area (Å²) in [5.41, 5.74) is 0.811. The molecule has 1 atom stereocenters. The first kappa shape index (κ1) is 19.7. The second-order valence-corrected chi connectivity index (χ2v) is 6.39. The summed E-state index contributed by atoms with van der Waals surface area (Å²) in [5, 5.41) is 12.6. The van der Waals surface area contributed by atoms with Gasteiger partial charge in [0.05, 0.1) is 18.2 Å². The van der Waals surface area contributed by atoms with Crippen molar-refractivity contribution in [3.8, 4) is 0 Å². The molecule has 0 aliphatic carbocycles. The average Bonchev–Trinajstić information content (AvgIpc) is 2.97. The first-order valence-corrected chi connectivity index (χ1v) is 9.03. The van der Waals surface area contributed by atoms with E-state index in [1.54, 1.807) is 0 Å². The van der Waals surface area contributed by atoms with Crippen molar-refractivity contribution in [3.63, 3.8) is 0 Å². The highest BCUT2D eigenvalue weighted by Crippen LogP contribution is 2.22. The lowest BCUT2D eigenvalue weighted by atomic mass is 10.1. The van der Waals surface area contributed by atoms with Crippen LogP contribution in [0, 0.1) is 6.92 Å². The van der Waals surface area contributed by atoms with E-state index in [2.05, 4.69) is 34.9 Å². The van der Waals surface area contributed by atoms with E-state index in [0.717, 1.165) is 18.5 Å². The van der Waals surface area contributed by atoms with E-state index < -0.39 is 12.1 Å². The van der Waals surface area contributed by atoms with Crippen molar-refractivity contribution in [1.29, 1.82) is 0 Å². The van der Waals surface area contributed by atoms with Crippen LogP contribution in [0.15, 0.2) is 6.07 Å². The molecule has 144 valence electrons. The van der Waals surface area contributed by atoms with Crippen LogP contribution in [0.4, 0.5) is 10.6 Å². The third-order valence-corrected chi connectivity index (χ3v) is 4.63. The average molecular weight is 364 g/mol. The number of hydrogen-bond acceptors (Lipinski definition) is 4. The van der Waals surface area contributed by atoms with Crippen LogP contribution in [0.25, 0.3) is 0 Å². The largest absolute Gasteiger partial charge is 0.359 e. The summed E-state index contributed by atoms with van der Waals surface area (Å²) < 4.78 is 1.82. The van der Waals surface area contributed by atoms with E-state index in [9.17, 15) is 14.4 Å². The van der Waals surface area contributed by atoms with Crippen molar-refractivity contribution in [1.82, 2.24) is 25.3 Å². The summed E-state index contributed by atoms with van der Waals surface area (Å²) in [4.78, 5) is 38.1. The first-order chi connectivity index (χ1) is 12.4. The molecule has 9 heteroatoms. The predicted octanol–water partition coefficient (Wildman–Crippen LogP) is 1.02. The van der Waals surface area contributed by atoms with Gasteiger partial charge in [-0.3, -0.25) is 14.9 Å². The summed E-state index contributed by atoms with van der Waals surface area (Å²) in [6, 6.07) is 0.772. The summed E-state index contributed by atoms with van der Waals surface area (Å²) in [6.07, 6.45) is 1.72. The monoisotopic (exact) mass is 364 g/mol. The summed E-state index contributed by atoms with van der Waals surface area (Å²) in [5.74, 6) is -0.00618. The number of hydrogen-bond donors (Lipinski definition) is 3. The number of carbonyl (C=O) groups is 3. The summed E-state index contributed by atoms with van der Waals surface area (Å²) >= 11 is 0. The van der Waals surface area contributed by atoms with Crippen LogP contribution in [0.1, 0.15) is 44.8 Å². The number of anilines is 1. The number of aryl methyl sites for hydroxylation is 1. The number of rotatable bonds is 6. The molecule has 1 unspecified atom stereocenters. The Morgan fingerprint density at radius 2 is 2.08 bits per heavy atom. The van der Waals surface area contributed by atoms with Crippen LogP contribution in [-0.4, -0.2) is 58.7 Å². The van der Waals surface area contributed by atoms with Crippen LogP contribution in [0.5, 0.6) is 0 Å². The number of amides is 4. The topological polar surface area (TPSA) is 108 Å². The molecule has 0 saturated carbocycles. The lowest BCUT2D eigenvalue weighted by Crippen LogP contribution is -2.59.